The number of nitrogens with zero attached hydrogens (tertiary/aromatic N) is 3. The molecule has 142 valence electrons. The van der Waals surface area contributed by atoms with Crippen LogP contribution >= 0.6 is 0 Å². The van der Waals surface area contributed by atoms with Gasteiger partial charge in [0.1, 0.15) is 0 Å². The van der Waals surface area contributed by atoms with Gasteiger partial charge in [-0.15, -0.1) is 0 Å². The molecule has 1 aromatic heterocycles. The van der Waals surface area contributed by atoms with E-state index in [1.165, 1.54) is 11.1 Å². The van der Waals surface area contributed by atoms with E-state index >= 15 is 0 Å². The second-order valence-corrected chi connectivity index (χ2v) is 6.69. The second-order valence-electron chi connectivity index (χ2n) is 6.69. The summed E-state index contributed by atoms with van der Waals surface area (Å²) in [7, 11) is 4.07. The number of aromatic nitrogens is 2. The summed E-state index contributed by atoms with van der Waals surface area (Å²) in [6.07, 6.45) is 3.59. The highest BCUT2D eigenvalue weighted by Crippen LogP contribution is 2.18. The summed E-state index contributed by atoms with van der Waals surface area (Å²) in [5.41, 5.74) is 2.54. The van der Waals surface area contributed by atoms with E-state index in [2.05, 4.69) is 51.5 Å². The van der Waals surface area contributed by atoms with Crippen LogP contribution in [0.15, 0.2) is 28.8 Å². The maximum Gasteiger partial charge on any atom is 0.226 e. The molecule has 2 aromatic rings. The van der Waals surface area contributed by atoms with Crippen LogP contribution in [0.25, 0.3) is 0 Å². The Bertz CT molecular complexity index is 679. The van der Waals surface area contributed by atoms with Crippen LogP contribution in [0.4, 0.5) is 0 Å². The molecule has 0 saturated heterocycles. The Hall–Kier alpha value is -2.21. The van der Waals surface area contributed by atoms with Crippen molar-refractivity contribution in [1.29, 1.82) is 0 Å². The lowest BCUT2D eigenvalue weighted by Gasteiger charge is -2.25. The SMILES string of the molecule is CCc1ccc(C(CNC(=O)CCCc2nc(CC)no2)N(C)C)cc1. The first-order chi connectivity index (χ1) is 12.5. The van der Waals surface area contributed by atoms with Crippen molar-refractivity contribution in [3.8, 4) is 0 Å². The number of amides is 1. The highest BCUT2D eigenvalue weighted by Gasteiger charge is 2.15. The molecule has 6 heteroatoms. The average molecular weight is 358 g/mol. The minimum atomic E-state index is 0.0530. The predicted molar refractivity (Wildman–Crippen MR) is 102 cm³/mol. The standard InChI is InChI=1S/C20H30N4O2/c1-5-15-10-12-16(13-11-15)17(24(3)4)14-21-19(25)8-7-9-20-22-18(6-2)23-26-20/h10-13,17H,5-9,14H2,1-4H3,(H,21,25). The van der Waals surface area contributed by atoms with Crippen LogP contribution in [-0.2, 0) is 24.1 Å². The van der Waals surface area contributed by atoms with Crippen molar-refractivity contribution in [2.24, 2.45) is 0 Å². The van der Waals surface area contributed by atoms with Crippen LogP contribution < -0.4 is 5.32 Å². The molecule has 0 aliphatic heterocycles. The first-order valence-corrected chi connectivity index (χ1v) is 9.36. The minimum absolute atomic E-state index is 0.0530. The Morgan fingerprint density at radius 3 is 2.50 bits per heavy atom. The molecule has 1 aromatic carbocycles. The van der Waals surface area contributed by atoms with Crippen LogP contribution in [0.2, 0.25) is 0 Å². The molecular weight excluding hydrogens is 328 g/mol. The lowest BCUT2D eigenvalue weighted by atomic mass is 10.0. The van der Waals surface area contributed by atoms with Crippen molar-refractivity contribution in [3.05, 3.63) is 47.1 Å². The summed E-state index contributed by atoms with van der Waals surface area (Å²) >= 11 is 0. The number of benzene rings is 1. The Labute approximate surface area is 156 Å². The van der Waals surface area contributed by atoms with Gasteiger partial charge in [-0.2, -0.15) is 4.98 Å². The summed E-state index contributed by atoms with van der Waals surface area (Å²) in [4.78, 5) is 18.5. The molecule has 1 heterocycles. The van der Waals surface area contributed by atoms with E-state index < -0.39 is 0 Å². The monoisotopic (exact) mass is 358 g/mol. The Balaban J connectivity index is 1.79. The van der Waals surface area contributed by atoms with Crippen molar-refractivity contribution >= 4 is 5.91 Å². The van der Waals surface area contributed by atoms with Crippen LogP contribution in [0.3, 0.4) is 0 Å². The van der Waals surface area contributed by atoms with Crippen LogP contribution in [0.1, 0.15) is 55.6 Å². The third-order valence-corrected chi connectivity index (χ3v) is 4.51. The summed E-state index contributed by atoms with van der Waals surface area (Å²) in [6, 6.07) is 8.77. The summed E-state index contributed by atoms with van der Waals surface area (Å²) < 4.78 is 5.14. The zero-order chi connectivity index (χ0) is 18.9. The molecule has 0 radical (unpaired) electrons. The van der Waals surface area contributed by atoms with Crippen LogP contribution in [0, 0.1) is 0 Å². The van der Waals surface area contributed by atoms with Crippen molar-refractivity contribution in [2.45, 2.75) is 52.0 Å². The lowest BCUT2D eigenvalue weighted by molar-refractivity contribution is -0.121. The van der Waals surface area contributed by atoms with Crippen LogP contribution in [0.5, 0.6) is 0 Å². The van der Waals surface area contributed by atoms with Gasteiger partial charge in [0.05, 0.1) is 6.04 Å². The third kappa shape index (κ3) is 5.95. The third-order valence-electron chi connectivity index (χ3n) is 4.51. The first kappa shape index (κ1) is 20.1. The number of nitrogens with one attached hydrogen (secondary N) is 1. The number of hydrogen-bond acceptors (Lipinski definition) is 5. The molecule has 1 amide bonds. The second kappa shape index (κ2) is 10.1. The fourth-order valence-electron chi connectivity index (χ4n) is 2.81. The molecule has 0 spiro atoms. The van der Waals surface area contributed by atoms with E-state index in [1.807, 2.05) is 21.0 Å². The number of likely N-dealkylation sites (N-methyl/N-ethyl adjacent to an activating group) is 1. The minimum Gasteiger partial charge on any atom is -0.354 e. The Morgan fingerprint density at radius 1 is 1.19 bits per heavy atom. The Kier molecular flexibility index (Phi) is 7.78. The van der Waals surface area contributed by atoms with Gasteiger partial charge in [0.25, 0.3) is 0 Å². The Morgan fingerprint density at radius 2 is 1.92 bits per heavy atom. The van der Waals surface area contributed by atoms with Gasteiger partial charge in [0.15, 0.2) is 5.82 Å². The van der Waals surface area contributed by atoms with Gasteiger partial charge in [-0.25, -0.2) is 0 Å². The molecule has 0 saturated carbocycles. The van der Waals surface area contributed by atoms with Gasteiger partial charge in [0.2, 0.25) is 11.8 Å². The van der Waals surface area contributed by atoms with Crippen LogP contribution in [-0.4, -0.2) is 41.6 Å². The van der Waals surface area contributed by atoms with Gasteiger partial charge in [0, 0.05) is 25.8 Å². The number of aryl methyl sites for hydroxylation is 3. The molecule has 1 N–H and O–H groups in total. The van der Waals surface area contributed by atoms with Gasteiger partial charge >= 0.3 is 0 Å². The molecule has 1 atom stereocenters. The molecule has 2 rings (SSSR count). The number of carbonyl (C=O) groups excluding carboxylic acids is 1. The fraction of sp³-hybridized carbons (Fsp3) is 0.550. The van der Waals surface area contributed by atoms with E-state index in [4.69, 9.17) is 4.52 Å². The maximum atomic E-state index is 12.2. The molecule has 1 unspecified atom stereocenters. The van der Waals surface area contributed by atoms with E-state index in [9.17, 15) is 4.79 Å². The van der Waals surface area contributed by atoms with E-state index in [0.717, 1.165) is 12.8 Å². The molecule has 0 aliphatic rings. The van der Waals surface area contributed by atoms with E-state index in [-0.39, 0.29) is 11.9 Å². The molecule has 0 bridgehead atoms. The normalized spacial score (nSPS) is 12.3. The number of hydrogen-bond donors (Lipinski definition) is 1. The molecule has 26 heavy (non-hydrogen) atoms. The largest absolute Gasteiger partial charge is 0.354 e. The zero-order valence-corrected chi connectivity index (χ0v) is 16.3. The number of rotatable bonds is 10. The molecular formula is C20H30N4O2. The topological polar surface area (TPSA) is 71.3 Å². The molecule has 0 aliphatic carbocycles. The smallest absolute Gasteiger partial charge is 0.226 e. The quantitative estimate of drug-likeness (QED) is 0.707. The van der Waals surface area contributed by atoms with E-state index in [0.29, 0.717) is 37.5 Å². The maximum absolute atomic E-state index is 12.2. The first-order valence-electron chi connectivity index (χ1n) is 9.36. The van der Waals surface area contributed by atoms with E-state index in [1.54, 1.807) is 0 Å². The fourth-order valence-corrected chi connectivity index (χ4v) is 2.81. The highest BCUT2D eigenvalue weighted by molar-refractivity contribution is 5.75. The van der Waals surface area contributed by atoms with Crippen molar-refractivity contribution in [3.63, 3.8) is 0 Å². The number of carbonyl (C=O) groups is 1. The van der Waals surface area contributed by atoms with Gasteiger partial charge < -0.3 is 14.7 Å². The lowest BCUT2D eigenvalue weighted by Crippen LogP contribution is -2.34. The predicted octanol–water partition coefficient (Wildman–Crippen LogP) is 2.94. The van der Waals surface area contributed by atoms with Gasteiger partial charge in [-0.3, -0.25) is 4.79 Å². The van der Waals surface area contributed by atoms with Crippen molar-refractivity contribution in [1.82, 2.24) is 20.4 Å². The van der Waals surface area contributed by atoms with Crippen molar-refractivity contribution in [2.75, 3.05) is 20.6 Å². The molecule has 6 nitrogen and oxygen atoms in total. The summed E-state index contributed by atoms with van der Waals surface area (Å²) in [5, 5.41) is 6.91. The summed E-state index contributed by atoms with van der Waals surface area (Å²) in [6.45, 7) is 4.73. The van der Waals surface area contributed by atoms with Gasteiger partial charge in [-0.05, 0) is 38.1 Å². The van der Waals surface area contributed by atoms with Gasteiger partial charge in [-0.1, -0.05) is 43.3 Å². The molecule has 0 fully saturated rings. The highest BCUT2D eigenvalue weighted by atomic mass is 16.5. The summed E-state index contributed by atoms with van der Waals surface area (Å²) in [5.74, 6) is 1.38. The van der Waals surface area contributed by atoms with Crippen molar-refractivity contribution < 1.29 is 9.32 Å². The zero-order valence-electron chi connectivity index (χ0n) is 16.3. The average Bonchev–Trinajstić information content (AvgIpc) is 3.10.